The van der Waals surface area contributed by atoms with Crippen molar-refractivity contribution in [2.24, 2.45) is 5.92 Å². The highest BCUT2D eigenvalue weighted by Gasteiger charge is 2.31. The van der Waals surface area contributed by atoms with Crippen LogP contribution < -0.4 is 0 Å². The maximum atomic E-state index is 12.2. The second-order valence-electron chi connectivity index (χ2n) is 8.55. The molecule has 1 saturated carbocycles. The van der Waals surface area contributed by atoms with Crippen LogP contribution in [-0.2, 0) is 13.0 Å². The predicted octanol–water partition coefficient (Wildman–Crippen LogP) is 5.54. The molecule has 1 aliphatic heterocycles. The van der Waals surface area contributed by atoms with Crippen molar-refractivity contribution in [1.82, 2.24) is 30.2 Å². The van der Waals surface area contributed by atoms with E-state index < -0.39 is 5.97 Å². The molecule has 0 saturated heterocycles. The Kier molecular flexibility index (Phi) is 5.42. The molecule has 0 amide bonds. The third-order valence-corrected chi connectivity index (χ3v) is 7.45. The lowest BCUT2D eigenvalue weighted by atomic mass is 9.97. The Hall–Kier alpha value is -3.50. The molecule has 0 bridgehead atoms. The smallest absolute Gasteiger partial charge is 0.355 e. The molecule has 1 fully saturated rings. The zero-order valence-electron chi connectivity index (χ0n) is 18.2. The molecule has 176 valence electrons. The molecule has 2 N–H and O–H groups in total. The van der Waals surface area contributed by atoms with Crippen molar-refractivity contribution >= 4 is 33.5 Å². The maximum absolute atomic E-state index is 12.2. The van der Waals surface area contributed by atoms with Crippen molar-refractivity contribution in [2.75, 3.05) is 0 Å². The van der Waals surface area contributed by atoms with Crippen molar-refractivity contribution in [2.45, 2.75) is 25.8 Å². The van der Waals surface area contributed by atoms with E-state index in [4.69, 9.17) is 16.0 Å². The van der Waals surface area contributed by atoms with Crippen molar-refractivity contribution in [3.05, 3.63) is 69.6 Å². The summed E-state index contributed by atoms with van der Waals surface area (Å²) >= 11 is 10.1. The first kappa shape index (κ1) is 22.0. The third-order valence-electron chi connectivity index (χ3n) is 6.36. The number of imidazole rings is 1. The molecule has 0 spiro atoms. The van der Waals surface area contributed by atoms with Crippen molar-refractivity contribution in [1.29, 1.82) is 0 Å². The van der Waals surface area contributed by atoms with Gasteiger partial charge in [0.2, 0.25) is 0 Å². The number of carbonyl (C=O) groups is 1. The lowest BCUT2D eigenvalue weighted by molar-refractivity contribution is 0.0685. The van der Waals surface area contributed by atoms with E-state index in [0.29, 0.717) is 24.0 Å². The maximum Gasteiger partial charge on any atom is 0.355 e. The van der Waals surface area contributed by atoms with E-state index in [1.54, 1.807) is 17.1 Å². The van der Waals surface area contributed by atoms with Gasteiger partial charge in [0.1, 0.15) is 5.82 Å². The summed E-state index contributed by atoms with van der Waals surface area (Å²) in [5.74, 6) is 0.610. The van der Waals surface area contributed by atoms with Gasteiger partial charge in [-0.2, -0.15) is 0 Å². The minimum atomic E-state index is -1.11. The summed E-state index contributed by atoms with van der Waals surface area (Å²) < 4.78 is 8.04. The van der Waals surface area contributed by atoms with Gasteiger partial charge in [-0.15, -0.1) is 5.10 Å². The molecule has 6 rings (SSSR count). The Labute approximate surface area is 212 Å². The van der Waals surface area contributed by atoms with Gasteiger partial charge in [0.05, 0.1) is 19.1 Å². The minimum Gasteiger partial charge on any atom is -0.476 e. The number of carboxylic acids is 1. The average molecular weight is 554 g/mol. The van der Waals surface area contributed by atoms with E-state index in [2.05, 4.69) is 41.5 Å². The molecule has 0 radical (unpaired) electrons. The number of rotatable bonds is 7. The van der Waals surface area contributed by atoms with E-state index >= 15 is 0 Å². The number of nitrogens with zero attached hydrogens (tertiary/aromatic N) is 5. The highest BCUT2D eigenvalue weighted by Crippen LogP contribution is 2.48. The molecule has 2 aliphatic carbocycles. The number of benzene rings is 1. The minimum absolute atomic E-state index is 0.00719. The van der Waals surface area contributed by atoms with Crippen LogP contribution >= 0.6 is 27.5 Å². The molecule has 1 aromatic carbocycles. The quantitative estimate of drug-likeness (QED) is 0.271. The Morgan fingerprint density at radius 2 is 2.00 bits per heavy atom. The third kappa shape index (κ3) is 3.82. The number of aromatic amines is 1. The van der Waals surface area contributed by atoms with Gasteiger partial charge >= 0.3 is 5.97 Å². The Morgan fingerprint density at radius 3 is 2.71 bits per heavy atom. The van der Waals surface area contributed by atoms with Crippen LogP contribution in [0.4, 0.5) is 0 Å². The van der Waals surface area contributed by atoms with Crippen LogP contribution in [0.1, 0.15) is 34.7 Å². The van der Waals surface area contributed by atoms with E-state index in [1.807, 2.05) is 30.3 Å². The van der Waals surface area contributed by atoms with Crippen LogP contribution in [0.2, 0.25) is 5.15 Å². The molecule has 9 nitrogen and oxygen atoms in total. The SMILES string of the molecule is O=C(O)c1c(Cl)nc(CC2CC2)n1Cc1c2ccocc-2c(Br)c1-c1ccccc1-c1nnn[nH]1. The molecule has 3 aromatic rings. The summed E-state index contributed by atoms with van der Waals surface area (Å²) in [4.78, 5) is 16.6. The number of H-pyrrole nitrogens is 1. The fourth-order valence-electron chi connectivity index (χ4n) is 4.56. The van der Waals surface area contributed by atoms with Crippen molar-refractivity contribution in [3.8, 4) is 33.6 Å². The van der Waals surface area contributed by atoms with Crippen molar-refractivity contribution in [3.63, 3.8) is 0 Å². The monoisotopic (exact) mass is 552 g/mol. The van der Waals surface area contributed by atoms with Gasteiger partial charge in [-0.25, -0.2) is 14.9 Å². The standard InChI is InChI=1S/C24H18BrClN6O3/c25-20-17-11-35-8-7-13(17)16(19(20)14-3-1-2-4-15(14)23-28-30-31-29-23)10-32-18(9-12-5-6-12)27-22(26)21(32)24(33)34/h1-4,7-8,11-12H,5-6,9-10H2,(H,33,34)(H,28,29,30,31). The molecular weight excluding hydrogens is 536 g/mol. The summed E-state index contributed by atoms with van der Waals surface area (Å²) in [5, 5.41) is 24.4. The Morgan fingerprint density at radius 1 is 1.20 bits per heavy atom. The van der Waals surface area contributed by atoms with Crippen LogP contribution in [0.15, 0.2) is 51.7 Å². The van der Waals surface area contributed by atoms with E-state index in [1.165, 1.54) is 0 Å². The summed E-state index contributed by atoms with van der Waals surface area (Å²) in [6.07, 6.45) is 6.21. The molecule has 3 aliphatic rings. The van der Waals surface area contributed by atoms with Crippen LogP contribution in [-0.4, -0.2) is 41.3 Å². The molecule has 35 heavy (non-hydrogen) atoms. The highest BCUT2D eigenvalue weighted by molar-refractivity contribution is 9.10. The molecule has 0 unspecified atom stereocenters. The lowest BCUT2D eigenvalue weighted by Crippen LogP contribution is -2.14. The number of halogens is 2. The number of nitrogens with one attached hydrogen (secondary N) is 1. The van der Waals surface area contributed by atoms with E-state index in [9.17, 15) is 9.90 Å². The summed E-state index contributed by atoms with van der Waals surface area (Å²) in [7, 11) is 0. The summed E-state index contributed by atoms with van der Waals surface area (Å²) in [5.41, 5.74) is 5.30. The number of tetrazole rings is 1. The van der Waals surface area contributed by atoms with E-state index in [0.717, 1.165) is 50.7 Å². The van der Waals surface area contributed by atoms with Gasteiger partial charge < -0.3 is 14.1 Å². The second-order valence-corrected chi connectivity index (χ2v) is 9.70. The van der Waals surface area contributed by atoms with Crippen LogP contribution in [0.3, 0.4) is 0 Å². The summed E-state index contributed by atoms with van der Waals surface area (Å²) in [6, 6.07) is 9.67. The first-order valence-electron chi connectivity index (χ1n) is 11.0. The molecule has 3 heterocycles. The largest absolute Gasteiger partial charge is 0.476 e. The second kappa shape index (κ2) is 8.62. The Bertz CT molecular complexity index is 1520. The van der Waals surface area contributed by atoms with Gasteiger partial charge in [-0.05, 0) is 67.9 Å². The lowest BCUT2D eigenvalue weighted by Gasteiger charge is -2.14. The van der Waals surface area contributed by atoms with Gasteiger partial charge in [-0.1, -0.05) is 35.9 Å². The average Bonchev–Trinajstić information content (AvgIpc) is 3.27. The van der Waals surface area contributed by atoms with Gasteiger partial charge in [0.15, 0.2) is 16.7 Å². The molecule has 2 aromatic heterocycles. The predicted molar refractivity (Wildman–Crippen MR) is 131 cm³/mol. The van der Waals surface area contributed by atoms with Crippen LogP contribution in [0.25, 0.3) is 33.6 Å². The molecule has 11 heteroatoms. The van der Waals surface area contributed by atoms with Crippen LogP contribution in [0.5, 0.6) is 0 Å². The van der Waals surface area contributed by atoms with Gasteiger partial charge in [0.25, 0.3) is 0 Å². The fourth-order valence-corrected chi connectivity index (χ4v) is 5.60. The number of aromatic carboxylic acids is 1. The first-order valence-corrected chi connectivity index (χ1v) is 12.2. The van der Waals surface area contributed by atoms with Crippen LogP contribution in [0, 0.1) is 5.92 Å². The first-order chi connectivity index (χ1) is 17.0. The summed E-state index contributed by atoms with van der Waals surface area (Å²) in [6.45, 7) is 0.272. The zero-order valence-corrected chi connectivity index (χ0v) is 20.5. The van der Waals surface area contributed by atoms with E-state index in [-0.39, 0.29) is 17.4 Å². The zero-order chi connectivity index (χ0) is 24.1. The van der Waals surface area contributed by atoms with Crippen molar-refractivity contribution < 1.29 is 14.3 Å². The molecular formula is C24H18BrClN6O3. The number of hydrogen-bond donors (Lipinski definition) is 2. The van der Waals surface area contributed by atoms with Gasteiger partial charge in [-0.3, -0.25) is 0 Å². The number of hydrogen-bond acceptors (Lipinski definition) is 6. The number of aromatic nitrogens is 6. The topological polar surface area (TPSA) is 123 Å². The normalized spacial score (nSPS) is 13.5. The molecule has 0 atom stereocenters. The number of carboxylic acid groups (broad SMARTS) is 1. The fraction of sp³-hybridized carbons (Fsp3) is 0.208. The Balaban J connectivity index is 1.59. The number of fused-ring (bicyclic) bond motifs is 1. The highest BCUT2D eigenvalue weighted by atomic mass is 79.9. The van der Waals surface area contributed by atoms with Gasteiger partial charge in [0, 0.05) is 27.6 Å².